The number of carboxylic acids is 1. The van der Waals surface area contributed by atoms with Crippen LogP contribution >= 0.6 is 0 Å². The Morgan fingerprint density at radius 3 is 2.54 bits per heavy atom. The molecule has 1 fully saturated rings. The summed E-state index contributed by atoms with van der Waals surface area (Å²) in [5.74, 6) is 0.570. The minimum atomic E-state index is -0.827. The average molecular weight is 205 g/mol. The molecule has 0 amide bonds. The predicted octanol–water partition coefficient (Wildman–Crippen LogP) is -0.0398. The van der Waals surface area contributed by atoms with E-state index in [0.29, 0.717) is 11.5 Å². The van der Waals surface area contributed by atoms with Crippen LogP contribution in [0.4, 0.5) is 0 Å². The van der Waals surface area contributed by atoms with Crippen LogP contribution in [0.3, 0.4) is 0 Å². The van der Waals surface area contributed by atoms with Crippen molar-refractivity contribution < 1.29 is 14.1 Å². The van der Waals surface area contributed by atoms with E-state index in [4.69, 9.17) is 5.11 Å². The number of hydrogen-bond donors (Lipinski definition) is 2. The van der Waals surface area contributed by atoms with Crippen LogP contribution in [0.2, 0.25) is 0 Å². The van der Waals surface area contributed by atoms with E-state index in [9.17, 15) is 9.00 Å². The molecule has 0 radical (unpaired) electrons. The minimum absolute atomic E-state index is 0.226. The van der Waals surface area contributed by atoms with Crippen LogP contribution in [0.1, 0.15) is 19.8 Å². The van der Waals surface area contributed by atoms with Crippen molar-refractivity contribution in [3.8, 4) is 0 Å². The standard InChI is InChI=1S/C8H15NO3S/c1-6(8(10)11)9-7-2-4-13(12)5-3-7/h6-7,9H,2-5H2,1H3,(H,10,11). The van der Waals surface area contributed by atoms with Crippen LogP contribution in [-0.4, -0.2) is 38.9 Å². The summed E-state index contributed by atoms with van der Waals surface area (Å²) in [5.41, 5.74) is 0. The lowest BCUT2D eigenvalue weighted by atomic mass is 10.1. The lowest BCUT2D eigenvalue weighted by Crippen LogP contribution is -2.44. The number of aliphatic carboxylic acids is 1. The number of carboxylic acid groups (broad SMARTS) is 1. The Balaban J connectivity index is 2.30. The maximum atomic E-state index is 11.0. The lowest BCUT2D eigenvalue weighted by Gasteiger charge is -2.24. The molecule has 0 spiro atoms. The Hall–Kier alpha value is -0.420. The molecular formula is C8H15NO3S. The Morgan fingerprint density at radius 1 is 1.54 bits per heavy atom. The fourth-order valence-electron chi connectivity index (χ4n) is 1.39. The molecule has 0 aromatic heterocycles. The summed E-state index contributed by atoms with van der Waals surface area (Å²) >= 11 is 0. The second-order valence-electron chi connectivity index (χ2n) is 3.35. The molecule has 1 atom stereocenters. The highest BCUT2D eigenvalue weighted by Crippen LogP contribution is 2.09. The van der Waals surface area contributed by atoms with Gasteiger partial charge in [0.2, 0.25) is 0 Å². The second kappa shape index (κ2) is 4.72. The van der Waals surface area contributed by atoms with Crippen molar-refractivity contribution in [2.45, 2.75) is 31.8 Å². The number of hydrogen-bond acceptors (Lipinski definition) is 3. The van der Waals surface area contributed by atoms with Gasteiger partial charge in [0.1, 0.15) is 6.04 Å². The van der Waals surface area contributed by atoms with Crippen molar-refractivity contribution in [3.63, 3.8) is 0 Å². The summed E-state index contributed by atoms with van der Waals surface area (Å²) in [5, 5.41) is 11.6. The van der Waals surface area contributed by atoms with Crippen LogP contribution in [0.15, 0.2) is 0 Å². The first-order valence-electron chi connectivity index (χ1n) is 4.43. The summed E-state index contributed by atoms with van der Waals surface area (Å²) < 4.78 is 11.0. The van der Waals surface area contributed by atoms with Gasteiger partial charge in [-0.25, -0.2) is 0 Å². The molecule has 1 rings (SSSR count). The SMILES string of the molecule is CC(NC1CCS(=O)CC1)C(=O)O. The maximum absolute atomic E-state index is 11.0. The zero-order valence-electron chi connectivity index (χ0n) is 7.66. The van der Waals surface area contributed by atoms with Gasteiger partial charge in [0.15, 0.2) is 0 Å². The molecule has 5 heteroatoms. The highest BCUT2D eigenvalue weighted by molar-refractivity contribution is 7.85. The molecule has 1 heterocycles. The smallest absolute Gasteiger partial charge is 0.320 e. The van der Waals surface area contributed by atoms with Gasteiger partial charge in [-0.2, -0.15) is 0 Å². The van der Waals surface area contributed by atoms with Gasteiger partial charge in [0.25, 0.3) is 0 Å². The van der Waals surface area contributed by atoms with Crippen molar-refractivity contribution in [1.29, 1.82) is 0 Å². The quantitative estimate of drug-likeness (QED) is 0.678. The van der Waals surface area contributed by atoms with Crippen molar-refractivity contribution >= 4 is 16.8 Å². The molecule has 0 aromatic carbocycles. The van der Waals surface area contributed by atoms with E-state index >= 15 is 0 Å². The van der Waals surface area contributed by atoms with Crippen LogP contribution in [-0.2, 0) is 15.6 Å². The third-order valence-electron chi connectivity index (χ3n) is 2.24. The van der Waals surface area contributed by atoms with Gasteiger partial charge in [-0.1, -0.05) is 0 Å². The van der Waals surface area contributed by atoms with E-state index in [0.717, 1.165) is 12.8 Å². The molecule has 4 nitrogen and oxygen atoms in total. The molecule has 0 bridgehead atoms. The molecule has 1 saturated heterocycles. The normalized spacial score (nSPS) is 31.2. The van der Waals surface area contributed by atoms with Crippen molar-refractivity contribution in [3.05, 3.63) is 0 Å². The summed E-state index contributed by atoms with van der Waals surface area (Å²) in [6.45, 7) is 1.63. The summed E-state index contributed by atoms with van der Waals surface area (Å²) in [4.78, 5) is 10.5. The molecule has 0 saturated carbocycles. The molecule has 13 heavy (non-hydrogen) atoms. The zero-order chi connectivity index (χ0) is 9.84. The molecule has 0 aromatic rings. The van der Waals surface area contributed by atoms with E-state index in [-0.39, 0.29) is 6.04 Å². The second-order valence-corrected chi connectivity index (χ2v) is 5.05. The summed E-state index contributed by atoms with van der Waals surface area (Å²) in [6.07, 6.45) is 1.65. The van der Waals surface area contributed by atoms with Crippen LogP contribution in [0, 0.1) is 0 Å². The van der Waals surface area contributed by atoms with Gasteiger partial charge in [-0.15, -0.1) is 0 Å². The van der Waals surface area contributed by atoms with E-state index in [1.165, 1.54) is 0 Å². The third kappa shape index (κ3) is 3.44. The minimum Gasteiger partial charge on any atom is -0.480 e. The molecule has 1 aliphatic rings. The summed E-state index contributed by atoms with van der Waals surface area (Å²) in [6, 6.07) is -0.277. The van der Waals surface area contributed by atoms with E-state index in [2.05, 4.69) is 5.32 Å². The Bertz CT molecular complexity index is 209. The number of rotatable bonds is 3. The van der Waals surface area contributed by atoms with Crippen molar-refractivity contribution in [2.24, 2.45) is 0 Å². The number of carbonyl (C=O) groups is 1. The molecule has 1 unspecified atom stereocenters. The Labute approximate surface area is 80.2 Å². The van der Waals surface area contributed by atoms with Gasteiger partial charge in [0.05, 0.1) is 0 Å². The Kier molecular flexibility index (Phi) is 3.87. The van der Waals surface area contributed by atoms with Crippen molar-refractivity contribution in [1.82, 2.24) is 5.32 Å². The fourth-order valence-corrected chi connectivity index (χ4v) is 2.68. The first-order chi connectivity index (χ1) is 6.09. The first kappa shape index (κ1) is 10.7. The maximum Gasteiger partial charge on any atom is 0.320 e. The largest absolute Gasteiger partial charge is 0.480 e. The van der Waals surface area contributed by atoms with E-state index in [1.807, 2.05) is 0 Å². The predicted molar refractivity (Wildman–Crippen MR) is 51.1 cm³/mol. The highest BCUT2D eigenvalue weighted by atomic mass is 32.2. The van der Waals surface area contributed by atoms with Crippen LogP contribution in [0.5, 0.6) is 0 Å². The monoisotopic (exact) mass is 205 g/mol. The first-order valence-corrected chi connectivity index (χ1v) is 5.92. The molecular weight excluding hydrogens is 190 g/mol. The van der Waals surface area contributed by atoms with Gasteiger partial charge >= 0.3 is 5.97 Å². The number of nitrogens with one attached hydrogen (secondary N) is 1. The average Bonchev–Trinajstić information content (AvgIpc) is 2.08. The van der Waals surface area contributed by atoms with Gasteiger partial charge in [-0.3, -0.25) is 9.00 Å². The molecule has 0 aliphatic carbocycles. The zero-order valence-corrected chi connectivity index (χ0v) is 8.47. The lowest BCUT2D eigenvalue weighted by molar-refractivity contribution is -0.139. The molecule has 76 valence electrons. The highest BCUT2D eigenvalue weighted by Gasteiger charge is 2.21. The van der Waals surface area contributed by atoms with E-state index in [1.54, 1.807) is 6.92 Å². The third-order valence-corrected chi connectivity index (χ3v) is 3.63. The van der Waals surface area contributed by atoms with Gasteiger partial charge < -0.3 is 10.4 Å². The Morgan fingerprint density at radius 2 is 2.08 bits per heavy atom. The van der Waals surface area contributed by atoms with Gasteiger partial charge in [-0.05, 0) is 19.8 Å². The van der Waals surface area contributed by atoms with Crippen LogP contribution in [0.25, 0.3) is 0 Å². The summed E-state index contributed by atoms with van der Waals surface area (Å²) in [7, 11) is -0.674. The topological polar surface area (TPSA) is 66.4 Å². The molecule has 1 aliphatic heterocycles. The molecule has 2 N–H and O–H groups in total. The van der Waals surface area contributed by atoms with Gasteiger partial charge in [0, 0.05) is 28.3 Å². The van der Waals surface area contributed by atoms with E-state index < -0.39 is 22.8 Å². The van der Waals surface area contributed by atoms with Crippen LogP contribution < -0.4 is 5.32 Å². The fraction of sp³-hybridized carbons (Fsp3) is 0.875. The van der Waals surface area contributed by atoms with Crippen molar-refractivity contribution in [2.75, 3.05) is 11.5 Å².